The number of rotatable bonds is 4. The molecule has 0 unspecified atom stereocenters. The molecule has 0 aromatic rings. The van der Waals surface area contributed by atoms with Gasteiger partial charge in [-0.25, -0.2) is 0 Å². The first-order valence-electron chi connectivity index (χ1n) is 5.43. The third kappa shape index (κ3) is 3.37. The molecule has 0 aromatic carbocycles. The molecule has 2 nitrogen and oxygen atoms in total. The van der Waals surface area contributed by atoms with Crippen LogP contribution < -0.4 is 0 Å². The van der Waals surface area contributed by atoms with Crippen LogP contribution in [0.1, 0.15) is 52.4 Å². The summed E-state index contributed by atoms with van der Waals surface area (Å²) in [6.45, 7) is 4.37. The molecule has 0 radical (unpaired) electrons. The molecule has 0 N–H and O–H groups in total. The molecule has 1 rings (SSSR count). The van der Waals surface area contributed by atoms with E-state index in [0.717, 1.165) is 12.8 Å². The van der Waals surface area contributed by atoms with Crippen molar-refractivity contribution in [2.75, 3.05) is 0 Å². The van der Waals surface area contributed by atoms with Crippen LogP contribution in [0.5, 0.6) is 0 Å². The second-order valence-corrected chi connectivity index (χ2v) is 4.04. The van der Waals surface area contributed by atoms with E-state index in [0.29, 0.717) is 12.3 Å². The van der Waals surface area contributed by atoms with Crippen molar-refractivity contribution in [3.63, 3.8) is 0 Å². The van der Waals surface area contributed by atoms with Gasteiger partial charge in [-0.1, -0.05) is 26.7 Å². The first-order valence-corrected chi connectivity index (χ1v) is 5.43. The van der Waals surface area contributed by atoms with Gasteiger partial charge in [-0.2, -0.15) is 0 Å². The first-order chi connectivity index (χ1) is 6.24. The first kappa shape index (κ1) is 10.6. The van der Waals surface area contributed by atoms with Crippen LogP contribution in [0.4, 0.5) is 0 Å². The van der Waals surface area contributed by atoms with Gasteiger partial charge in [0.1, 0.15) is 6.10 Å². The number of esters is 1. The van der Waals surface area contributed by atoms with E-state index in [9.17, 15) is 4.79 Å². The van der Waals surface area contributed by atoms with Crippen LogP contribution in [0, 0.1) is 5.92 Å². The maximum absolute atomic E-state index is 11.0. The van der Waals surface area contributed by atoms with Crippen LogP contribution in [0.2, 0.25) is 0 Å². The predicted octanol–water partition coefficient (Wildman–Crippen LogP) is 2.91. The lowest BCUT2D eigenvalue weighted by Crippen LogP contribution is -2.30. The van der Waals surface area contributed by atoms with Gasteiger partial charge in [0, 0.05) is 6.42 Å². The molecule has 0 aromatic heterocycles. The highest BCUT2D eigenvalue weighted by atomic mass is 16.5. The molecular formula is C11H20O2. The SMILES string of the molecule is CCCCC[C@H]1OC(=O)CC[C@@H]1C. The standard InChI is InChI=1S/C11H20O2/c1-3-4-5-6-10-9(2)7-8-11(12)13-10/h9-10H,3-8H2,1-2H3/t9-,10+/m0/s1. The molecule has 0 saturated carbocycles. The summed E-state index contributed by atoms with van der Waals surface area (Å²) in [6, 6.07) is 0. The zero-order chi connectivity index (χ0) is 9.68. The van der Waals surface area contributed by atoms with Crippen molar-refractivity contribution in [2.24, 2.45) is 5.92 Å². The van der Waals surface area contributed by atoms with Crippen LogP contribution in [0.3, 0.4) is 0 Å². The van der Waals surface area contributed by atoms with Crippen LogP contribution in [-0.2, 0) is 9.53 Å². The number of hydrogen-bond acceptors (Lipinski definition) is 2. The molecule has 76 valence electrons. The second kappa shape index (κ2) is 5.25. The van der Waals surface area contributed by atoms with E-state index in [1.165, 1.54) is 19.3 Å². The lowest BCUT2D eigenvalue weighted by atomic mass is 9.92. The maximum Gasteiger partial charge on any atom is 0.306 e. The summed E-state index contributed by atoms with van der Waals surface area (Å²) in [5, 5.41) is 0. The summed E-state index contributed by atoms with van der Waals surface area (Å²) in [6.07, 6.45) is 6.56. The minimum Gasteiger partial charge on any atom is -0.462 e. The second-order valence-electron chi connectivity index (χ2n) is 4.04. The maximum atomic E-state index is 11.0. The van der Waals surface area contributed by atoms with E-state index >= 15 is 0 Å². The highest BCUT2D eigenvalue weighted by Gasteiger charge is 2.26. The number of ether oxygens (including phenoxy) is 1. The minimum atomic E-state index is -0.000372. The van der Waals surface area contributed by atoms with Gasteiger partial charge in [-0.3, -0.25) is 4.79 Å². The number of hydrogen-bond donors (Lipinski definition) is 0. The normalized spacial score (nSPS) is 28.6. The summed E-state index contributed by atoms with van der Waals surface area (Å²) in [4.78, 5) is 11.0. The van der Waals surface area contributed by atoms with E-state index in [2.05, 4.69) is 13.8 Å². The van der Waals surface area contributed by atoms with Crippen LogP contribution in [0.15, 0.2) is 0 Å². The Morgan fingerprint density at radius 1 is 1.46 bits per heavy atom. The molecule has 0 aliphatic carbocycles. The number of cyclic esters (lactones) is 1. The summed E-state index contributed by atoms with van der Waals surface area (Å²) >= 11 is 0. The Hall–Kier alpha value is -0.530. The Bertz CT molecular complexity index is 165. The van der Waals surface area contributed by atoms with Crippen LogP contribution >= 0.6 is 0 Å². The third-order valence-corrected chi connectivity index (χ3v) is 2.81. The zero-order valence-corrected chi connectivity index (χ0v) is 8.71. The fourth-order valence-electron chi connectivity index (χ4n) is 1.81. The fraction of sp³-hybridized carbons (Fsp3) is 0.909. The highest BCUT2D eigenvalue weighted by Crippen LogP contribution is 2.24. The molecule has 2 atom stereocenters. The summed E-state index contributed by atoms with van der Waals surface area (Å²) in [5.41, 5.74) is 0. The zero-order valence-electron chi connectivity index (χ0n) is 8.71. The lowest BCUT2D eigenvalue weighted by Gasteiger charge is -2.28. The highest BCUT2D eigenvalue weighted by molar-refractivity contribution is 5.70. The molecule has 0 spiro atoms. The number of unbranched alkanes of at least 4 members (excludes halogenated alkanes) is 2. The van der Waals surface area contributed by atoms with E-state index in [-0.39, 0.29) is 12.1 Å². The average Bonchev–Trinajstić information content (AvgIpc) is 2.11. The molecule has 13 heavy (non-hydrogen) atoms. The molecular weight excluding hydrogens is 164 g/mol. The van der Waals surface area contributed by atoms with Gasteiger partial charge >= 0.3 is 5.97 Å². The van der Waals surface area contributed by atoms with Crippen LogP contribution in [-0.4, -0.2) is 12.1 Å². The smallest absolute Gasteiger partial charge is 0.306 e. The van der Waals surface area contributed by atoms with Crippen molar-refractivity contribution < 1.29 is 9.53 Å². The monoisotopic (exact) mass is 184 g/mol. The van der Waals surface area contributed by atoms with Gasteiger partial charge in [0.2, 0.25) is 0 Å². The lowest BCUT2D eigenvalue weighted by molar-refractivity contribution is -0.158. The van der Waals surface area contributed by atoms with Gasteiger partial charge in [0.15, 0.2) is 0 Å². The third-order valence-electron chi connectivity index (χ3n) is 2.81. The molecule has 1 aliphatic heterocycles. The largest absolute Gasteiger partial charge is 0.462 e. The van der Waals surface area contributed by atoms with Gasteiger partial charge in [0.25, 0.3) is 0 Å². The van der Waals surface area contributed by atoms with Gasteiger partial charge < -0.3 is 4.74 Å². The van der Waals surface area contributed by atoms with Crippen molar-refractivity contribution >= 4 is 5.97 Å². The van der Waals surface area contributed by atoms with Gasteiger partial charge in [0.05, 0.1) is 0 Å². The molecule has 2 heteroatoms. The fourth-order valence-corrected chi connectivity index (χ4v) is 1.81. The molecule has 1 heterocycles. The van der Waals surface area contributed by atoms with Crippen LogP contribution in [0.25, 0.3) is 0 Å². The summed E-state index contributed by atoms with van der Waals surface area (Å²) in [5.74, 6) is 0.564. The van der Waals surface area contributed by atoms with Gasteiger partial charge in [-0.15, -0.1) is 0 Å². The van der Waals surface area contributed by atoms with Crippen molar-refractivity contribution in [3.8, 4) is 0 Å². The number of carbonyl (C=O) groups excluding carboxylic acids is 1. The van der Waals surface area contributed by atoms with Crippen molar-refractivity contribution in [3.05, 3.63) is 0 Å². The molecule has 0 bridgehead atoms. The summed E-state index contributed by atoms with van der Waals surface area (Å²) < 4.78 is 5.31. The Labute approximate surface area is 80.7 Å². The van der Waals surface area contributed by atoms with Crippen molar-refractivity contribution in [1.29, 1.82) is 0 Å². The van der Waals surface area contributed by atoms with E-state index in [1.54, 1.807) is 0 Å². The molecule has 0 amide bonds. The van der Waals surface area contributed by atoms with Crippen molar-refractivity contribution in [2.45, 2.75) is 58.5 Å². The molecule has 1 fully saturated rings. The Morgan fingerprint density at radius 3 is 2.92 bits per heavy atom. The Balaban J connectivity index is 2.25. The molecule has 1 aliphatic rings. The van der Waals surface area contributed by atoms with E-state index in [1.807, 2.05) is 0 Å². The van der Waals surface area contributed by atoms with Crippen molar-refractivity contribution in [1.82, 2.24) is 0 Å². The summed E-state index contributed by atoms with van der Waals surface area (Å²) in [7, 11) is 0. The molecule has 1 saturated heterocycles. The minimum absolute atomic E-state index is 0.000372. The quantitative estimate of drug-likeness (QED) is 0.496. The average molecular weight is 184 g/mol. The topological polar surface area (TPSA) is 26.3 Å². The van der Waals surface area contributed by atoms with E-state index in [4.69, 9.17) is 4.74 Å². The Kier molecular flexibility index (Phi) is 4.26. The van der Waals surface area contributed by atoms with E-state index < -0.39 is 0 Å². The van der Waals surface area contributed by atoms with Gasteiger partial charge in [-0.05, 0) is 25.2 Å². The Morgan fingerprint density at radius 2 is 2.23 bits per heavy atom. The number of carbonyl (C=O) groups is 1. The predicted molar refractivity (Wildman–Crippen MR) is 52.4 cm³/mol.